The van der Waals surface area contributed by atoms with Crippen molar-refractivity contribution in [1.82, 2.24) is 0 Å². The Balaban J connectivity index is 2.70. The average Bonchev–Trinajstić information content (AvgIpc) is 2.57. The lowest BCUT2D eigenvalue weighted by atomic mass is 9.87. The van der Waals surface area contributed by atoms with Crippen molar-refractivity contribution in [3.63, 3.8) is 0 Å². The fourth-order valence-corrected chi connectivity index (χ4v) is 2.79. The van der Waals surface area contributed by atoms with Crippen molar-refractivity contribution in [2.75, 3.05) is 13.7 Å². The quantitative estimate of drug-likeness (QED) is 0.282. The van der Waals surface area contributed by atoms with Gasteiger partial charge in [0.25, 0.3) is 0 Å². The van der Waals surface area contributed by atoms with Crippen LogP contribution in [0.5, 0.6) is 5.75 Å². The molecule has 5 heteroatoms. The van der Waals surface area contributed by atoms with Crippen LogP contribution in [0.15, 0.2) is 24.3 Å². The molecule has 0 radical (unpaired) electrons. The molecule has 0 N–H and O–H groups in total. The minimum absolute atomic E-state index is 0.109. The van der Waals surface area contributed by atoms with E-state index in [4.69, 9.17) is 15.0 Å². The van der Waals surface area contributed by atoms with Crippen LogP contribution >= 0.6 is 0 Å². The minimum Gasteiger partial charge on any atom is -0.497 e. The molecule has 0 amide bonds. The molecule has 1 rings (SSSR count). The van der Waals surface area contributed by atoms with Crippen molar-refractivity contribution < 1.29 is 19.1 Å². The van der Waals surface area contributed by atoms with Gasteiger partial charge in [-0.1, -0.05) is 26.0 Å². The van der Waals surface area contributed by atoms with Crippen LogP contribution in [0.25, 0.3) is 5.53 Å². The van der Waals surface area contributed by atoms with Crippen LogP contribution in [0.2, 0.25) is 0 Å². The van der Waals surface area contributed by atoms with Crippen molar-refractivity contribution >= 4 is 11.7 Å². The summed E-state index contributed by atoms with van der Waals surface area (Å²) in [5.74, 6) is 1.09. The molecule has 0 heterocycles. The molecule has 0 aromatic heterocycles. The molecule has 0 aliphatic rings. The number of nitrogens with zero attached hydrogens (tertiary/aromatic N) is 2. The zero-order valence-electron chi connectivity index (χ0n) is 15.1. The SMILES string of the molecule is CCOC(=O)C(CC(CCc1ccc(OC)cc1)CC(C)C)=[N+]=[N-]. The summed E-state index contributed by atoms with van der Waals surface area (Å²) in [5.41, 5.74) is 10.5. The fourth-order valence-electron chi connectivity index (χ4n) is 2.79. The third-order valence-corrected chi connectivity index (χ3v) is 3.92. The topological polar surface area (TPSA) is 71.9 Å². The highest BCUT2D eigenvalue weighted by Crippen LogP contribution is 2.23. The van der Waals surface area contributed by atoms with Gasteiger partial charge in [-0.3, -0.25) is 0 Å². The number of benzene rings is 1. The standard InChI is InChI=1S/C19H28N2O3/c1-5-24-19(22)18(21-20)13-16(12-14(2)3)7-6-15-8-10-17(23-4)11-9-15/h8-11,14,16H,5-7,12-13H2,1-4H3. The molecule has 0 spiro atoms. The zero-order chi connectivity index (χ0) is 17.9. The highest BCUT2D eigenvalue weighted by molar-refractivity contribution is 6.33. The molecule has 132 valence electrons. The summed E-state index contributed by atoms with van der Waals surface area (Å²) >= 11 is 0. The molecule has 1 unspecified atom stereocenters. The van der Waals surface area contributed by atoms with E-state index in [1.807, 2.05) is 12.1 Å². The van der Waals surface area contributed by atoms with E-state index >= 15 is 0 Å². The van der Waals surface area contributed by atoms with Crippen molar-refractivity contribution in [3.8, 4) is 5.75 Å². The number of ether oxygens (including phenoxy) is 2. The van der Waals surface area contributed by atoms with Gasteiger partial charge in [0.05, 0.1) is 20.1 Å². The first-order chi connectivity index (χ1) is 11.5. The second-order valence-electron chi connectivity index (χ2n) is 6.35. The maximum absolute atomic E-state index is 11.8. The van der Waals surface area contributed by atoms with E-state index in [-0.39, 0.29) is 18.2 Å². The Bertz CT molecular complexity index is 560. The van der Waals surface area contributed by atoms with Gasteiger partial charge in [-0.15, -0.1) is 0 Å². The summed E-state index contributed by atoms with van der Waals surface area (Å²) in [6.07, 6.45) is 3.23. The smallest absolute Gasteiger partial charge is 0.416 e. The fraction of sp³-hybridized carbons (Fsp3) is 0.579. The molecule has 0 aliphatic carbocycles. The van der Waals surface area contributed by atoms with Gasteiger partial charge < -0.3 is 15.0 Å². The van der Waals surface area contributed by atoms with E-state index in [0.717, 1.165) is 25.0 Å². The molecular weight excluding hydrogens is 304 g/mol. The number of carbonyl (C=O) groups excluding carboxylic acids is 1. The molecular formula is C19H28N2O3. The summed E-state index contributed by atoms with van der Waals surface area (Å²) < 4.78 is 10.1. The number of rotatable bonds is 10. The van der Waals surface area contributed by atoms with Crippen molar-refractivity contribution in [1.29, 1.82) is 0 Å². The van der Waals surface area contributed by atoms with Crippen LogP contribution in [0, 0.1) is 11.8 Å². The van der Waals surface area contributed by atoms with Gasteiger partial charge in [-0.25, -0.2) is 4.79 Å². The van der Waals surface area contributed by atoms with Crippen LogP contribution < -0.4 is 4.74 Å². The molecule has 0 saturated heterocycles. The third kappa shape index (κ3) is 6.97. The number of aryl methyl sites for hydroxylation is 1. The Morgan fingerprint density at radius 3 is 2.42 bits per heavy atom. The summed E-state index contributed by atoms with van der Waals surface area (Å²) in [6, 6.07) is 8.01. The van der Waals surface area contributed by atoms with E-state index in [0.29, 0.717) is 12.3 Å². The number of esters is 1. The summed E-state index contributed by atoms with van der Waals surface area (Å²) in [4.78, 5) is 15.0. The van der Waals surface area contributed by atoms with Gasteiger partial charge in [-0.05, 0) is 55.7 Å². The van der Waals surface area contributed by atoms with E-state index in [9.17, 15) is 4.79 Å². The normalized spacial score (nSPS) is 11.7. The largest absolute Gasteiger partial charge is 0.497 e. The Morgan fingerprint density at radius 1 is 1.25 bits per heavy atom. The van der Waals surface area contributed by atoms with Crippen LogP contribution in [-0.4, -0.2) is 30.2 Å². The van der Waals surface area contributed by atoms with E-state index in [1.165, 1.54) is 5.56 Å². The van der Waals surface area contributed by atoms with Gasteiger partial charge in [0.2, 0.25) is 0 Å². The number of hydrogen-bond donors (Lipinski definition) is 0. The maximum Gasteiger partial charge on any atom is 0.416 e. The maximum atomic E-state index is 11.8. The summed E-state index contributed by atoms with van der Waals surface area (Å²) in [7, 11) is 1.65. The molecule has 1 atom stereocenters. The van der Waals surface area contributed by atoms with E-state index in [1.54, 1.807) is 14.0 Å². The molecule has 0 saturated carbocycles. The van der Waals surface area contributed by atoms with Crippen molar-refractivity contribution in [3.05, 3.63) is 35.4 Å². The molecule has 0 bridgehead atoms. The monoisotopic (exact) mass is 332 g/mol. The lowest BCUT2D eigenvalue weighted by Crippen LogP contribution is -2.23. The molecule has 1 aromatic carbocycles. The number of carbonyl (C=O) groups is 1. The Hall–Kier alpha value is -2.13. The Morgan fingerprint density at radius 2 is 1.92 bits per heavy atom. The van der Waals surface area contributed by atoms with Gasteiger partial charge in [0.15, 0.2) is 0 Å². The Kier molecular flexibility index (Phi) is 8.80. The van der Waals surface area contributed by atoms with Gasteiger partial charge in [-0.2, -0.15) is 4.79 Å². The predicted molar refractivity (Wildman–Crippen MR) is 94.1 cm³/mol. The lowest BCUT2D eigenvalue weighted by molar-refractivity contribution is -0.140. The molecule has 0 fully saturated rings. The first kappa shape index (κ1) is 19.9. The van der Waals surface area contributed by atoms with Gasteiger partial charge in [0.1, 0.15) is 5.75 Å². The summed E-state index contributed by atoms with van der Waals surface area (Å²) in [5, 5.41) is 0. The summed E-state index contributed by atoms with van der Waals surface area (Å²) in [6.45, 7) is 6.32. The number of hydrogen-bond acceptors (Lipinski definition) is 3. The molecule has 24 heavy (non-hydrogen) atoms. The lowest BCUT2D eigenvalue weighted by Gasteiger charge is -2.17. The van der Waals surface area contributed by atoms with Gasteiger partial charge in [0, 0.05) is 0 Å². The highest BCUT2D eigenvalue weighted by atomic mass is 16.5. The second-order valence-corrected chi connectivity index (χ2v) is 6.35. The van der Waals surface area contributed by atoms with Crippen LogP contribution in [0.3, 0.4) is 0 Å². The van der Waals surface area contributed by atoms with Crippen LogP contribution in [-0.2, 0) is 16.0 Å². The number of methoxy groups -OCH3 is 1. The molecule has 0 aliphatic heterocycles. The minimum atomic E-state index is -0.529. The first-order valence-electron chi connectivity index (χ1n) is 8.51. The zero-order valence-corrected chi connectivity index (χ0v) is 15.1. The Labute approximate surface area is 144 Å². The highest BCUT2D eigenvalue weighted by Gasteiger charge is 2.26. The molecule has 1 aromatic rings. The van der Waals surface area contributed by atoms with Crippen molar-refractivity contribution in [2.45, 2.75) is 46.5 Å². The van der Waals surface area contributed by atoms with Gasteiger partial charge >= 0.3 is 11.7 Å². The molecule has 5 nitrogen and oxygen atoms in total. The van der Waals surface area contributed by atoms with Crippen molar-refractivity contribution in [2.24, 2.45) is 11.8 Å². The van der Waals surface area contributed by atoms with E-state index in [2.05, 4.69) is 30.8 Å². The second kappa shape index (κ2) is 10.6. The third-order valence-electron chi connectivity index (χ3n) is 3.92. The van der Waals surface area contributed by atoms with Crippen LogP contribution in [0.4, 0.5) is 0 Å². The predicted octanol–water partition coefficient (Wildman–Crippen LogP) is 3.91. The van der Waals surface area contributed by atoms with Crippen LogP contribution in [0.1, 0.15) is 45.6 Å². The van der Waals surface area contributed by atoms with E-state index < -0.39 is 5.97 Å². The first-order valence-corrected chi connectivity index (χ1v) is 8.51. The average molecular weight is 332 g/mol.